The van der Waals surface area contributed by atoms with E-state index in [-0.39, 0.29) is 12.0 Å². The second-order valence-corrected chi connectivity index (χ2v) is 3.29. The molecule has 0 fully saturated rings. The molecule has 1 aromatic rings. The van der Waals surface area contributed by atoms with Crippen LogP contribution in [0.4, 0.5) is 0 Å². The number of aromatic nitrogens is 1. The summed E-state index contributed by atoms with van der Waals surface area (Å²) in [6.45, 7) is 5.76. The topological polar surface area (TPSA) is 33.1 Å². The Kier molecular flexibility index (Phi) is 2.82. The quantitative estimate of drug-likeness (QED) is 0.725. The highest BCUT2D eigenvalue weighted by atomic mass is 16.3. The summed E-state index contributed by atoms with van der Waals surface area (Å²) < 4.78 is 0. The molecular weight excluding hydrogens is 150 g/mol. The highest BCUT2D eigenvalue weighted by Gasteiger charge is 2.11. The van der Waals surface area contributed by atoms with Crippen LogP contribution in [-0.4, -0.2) is 16.2 Å². The van der Waals surface area contributed by atoms with Crippen molar-refractivity contribution >= 4 is 0 Å². The lowest BCUT2D eigenvalue weighted by Crippen LogP contribution is -2.12. The highest BCUT2D eigenvalue weighted by Crippen LogP contribution is 2.16. The summed E-state index contributed by atoms with van der Waals surface area (Å²) in [6, 6.07) is 3.98. The molecule has 0 aliphatic rings. The minimum atomic E-state index is -0.333. The molecule has 0 amide bonds. The summed E-state index contributed by atoms with van der Waals surface area (Å²) in [7, 11) is 0. The fourth-order valence-electron chi connectivity index (χ4n) is 0.996. The first kappa shape index (κ1) is 9.20. The monoisotopic (exact) mass is 165 g/mol. The van der Waals surface area contributed by atoms with E-state index in [1.165, 1.54) is 0 Å². The lowest BCUT2D eigenvalue weighted by molar-refractivity contribution is 0.167. The van der Waals surface area contributed by atoms with Crippen LogP contribution in [0, 0.1) is 6.92 Å². The van der Waals surface area contributed by atoms with E-state index in [1.54, 1.807) is 6.92 Å². The first-order valence-corrected chi connectivity index (χ1v) is 4.22. The molecule has 0 aliphatic heterocycles. The SMILES string of the molecule is Cc1ccc(C(C)C(C)O)nc1. The van der Waals surface area contributed by atoms with Gasteiger partial charge in [-0.2, -0.15) is 0 Å². The van der Waals surface area contributed by atoms with Crippen LogP contribution in [0.15, 0.2) is 18.3 Å². The zero-order valence-electron chi connectivity index (χ0n) is 7.78. The van der Waals surface area contributed by atoms with Crippen LogP contribution >= 0.6 is 0 Å². The molecule has 1 N–H and O–H groups in total. The average molecular weight is 165 g/mol. The van der Waals surface area contributed by atoms with Crippen molar-refractivity contribution in [2.24, 2.45) is 0 Å². The Morgan fingerprint density at radius 1 is 1.33 bits per heavy atom. The summed E-state index contributed by atoms with van der Waals surface area (Å²) in [4.78, 5) is 4.24. The van der Waals surface area contributed by atoms with Crippen molar-refractivity contribution in [2.45, 2.75) is 32.8 Å². The Bertz CT molecular complexity index is 241. The Morgan fingerprint density at radius 2 is 2.00 bits per heavy atom. The maximum atomic E-state index is 9.30. The Morgan fingerprint density at radius 3 is 2.42 bits per heavy atom. The summed E-state index contributed by atoms with van der Waals surface area (Å²) in [5.74, 6) is 0.116. The second-order valence-electron chi connectivity index (χ2n) is 3.29. The van der Waals surface area contributed by atoms with E-state index in [9.17, 15) is 5.11 Å². The fourth-order valence-corrected chi connectivity index (χ4v) is 0.996. The normalized spacial score (nSPS) is 15.7. The molecular formula is C10H15NO. The van der Waals surface area contributed by atoms with E-state index in [1.807, 2.05) is 32.2 Å². The lowest BCUT2D eigenvalue weighted by Gasteiger charge is -2.13. The average Bonchev–Trinajstić information content (AvgIpc) is 2.04. The molecule has 1 heterocycles. The second kappa shape index (κ2) is 3.68. The van der Waals surface area contributed by atoms with Crippen LogP contribution in [0.3, 0.4) is 0 Å². The first-order valence-electron chi connectivity index (χ1n) is 4.22. The molecule has 2 atom stereocenters. The molecule has 2 unspecified atom stereocenters. The zero-order valence-corrected chi connectivity index (χ0v) is 7.78. The van der Waals surface area contributed by atoms with Crippen LogP contribution in [-0.2, 0) is 0 Å². The van der Waals surface area contributed by atoms with Gasteiger partial charge in [-0.15, -0.1) is 0 Å². The van der Waals surface area contributed by atoms with Gasteiger partial charge in [0.15, 0.2) is 0 Å². The van der Waals surface area contributed by atoms with Gasteiger partial charge in [0.1, 0.15) is 0 Å². The van der Waals surface area contributed by atoms with Crippen LogP contribution in [0.5, 0.6) is 0 Å². The number of rotatable bonds is 2. The van der Waals surface area contributed by atoms with Crippen molar-refractivity contribution in [3.8, 4) is 0 Å². The molecule has 66 valence electrons. The molecule has 0 saturated carbocycles. The van der Waals surface area contributed by atoms with Gasteiger partial charge in [-0.3, -0.25) is 4.98 Å². The molecule has 0 radical (unpaired) electrons. The van der Waals surface area contributed by atoms with Gasteiger partial charge in [0, 0.05) is 17.8 Å². The predicted octanol–water partition coefficient (Wildman–Crippen LogP) is 1.87. The maximum Gasteiger partial charge on any atom is 0.0593 e. The van der Waals surface area contributed by atoms with Crippen molar-refractivity contribution in [1.82, 2.24) is 4.98 Å². The number of aryl methyl sites for hydroxylation is 1. The van der Waals surface area contributed by atoms with E-state index in [0.717, 1.165) is 11.3 Å². The molecule has 0 saturated heterocycles. The van der Waals surface area contributed by atoms with Crippen molar-refractivity contribution in [1.29, 1.82) is 0 Å². The minimum absolute atomic E-state index is 0.116. The number of nitrogens with zero attached hydrogens (tertiary/aromatic N) is 1. The molecule has 2 heteroatoms. The molecule has 1 aromatic heterocycles. The van der Waals surface area contributed by atoms with Crippen molar-refractivity contribution in [3.63, 3.8) is 0 Å². The Hall–Kier alpha value is -0.890. The summed E-state index contributed by atoms with van der Waals surface area (Å²) in [5.41, 5.74) is 2.10. The Labute approximate surface area is 73.3 Å². The van der Waals surface area contributed by atoms with Gasteiger partial charge in [0.2, 0.25) is 0 Å². The van der Waals surface area contributed by atoms with Gasteiger partial charge in [-0.05, 0) is 25.5 Å². The number of hydrogen-bond donors (Lipinski definition) is 1. The highest BCUT2D eigenvalue weighted by molar-refractivity contribution is 5.15. The number of pyridine rings is 1. The van der Waals surface area contributed by atoms with Gasteiger partial charge < -0.3 is 5.11 Å². The van der Waals surface area contributed by atoms with Crippen LogP contribution in [0.1, 0.15) is 31.0 Å². The van der Waals surface area contributed by atoms with Gasteiger partial charge in [-0.25, -0.2) is 0 Å². The van der Waals surface area contributed by atoms with Gasteiger partial charge >= 0.3 is 0 Å². The van der Waals surface area contributed by atoms with Crippen LogP contribution < -0.4 is 0 Å². The van der Waals surface area contributed by atoms with E-state index in [0.29, 0.717) is 0 Å². The van der Waals surface area contributed by atoms with Gasteiger partial charge in [0.25, 0.3) is 0 Å². The maximum absolute atomic E-state index is 9.30. The smallest absolute Gasteiger partial charge is 0.0593 e. The van der Waals surface area contributed by atoms with Crippen molar-refractivity contribution < 1.29 is 5.11 Å². The van der Waals surface area contributed by atoms with Gasteiger partial charge in [0.05, 0.1) is 6.10 Å². The number of aliphatic hydroxyl groups is 1. The molecule has 12 heavy (non-hydrogen) atoms. The van der Waals surface area contributed by atoms with E-state index in [2.05, 4.69) is 4.98 Å². The molecule has 0 bridgehead atoms. The van der Waals surface area contributed by atoms with Crippen LogP contribution in [0.25, 0.3) is 0 Å². The summed E-state index contributed by atoms with van der Waals surface area (Å²) in [5, 5.41) is 9.30. The summed E-state index contributed by atoms with van der Waals surface area (Å²) >= 11 is 0. The van der Waals surface area contributed by atoms with Crippen molar-refractivity contribution in [3.05, 3.63) is 29.6 Å². The molecule has 0 aliphatic carbocycles. The zero-order chi connectivity index (χ0) is 9.14. The molecule has 2 nitrogen and oxygen atoms in total. The van der Waals surface area contributed by atoms with E-state index >= 15 is 0 Å². The van der Waals surface area contributed by atoms with E-state index < -0.39 is 0 Å². The standard InChI is InChI=1S/C10H15NO/c1-7-4-5-10(11-6-7)8(2)9(3)12/h4-6,8-9,12H,1-3H3. The lowest BCUT2D eigenvalue weighted by atomic mass is 10.0. The van der Waals surface area contributed by atoms with Crippen LogP contribution in [0.2, 0.25) is 0 Å². The summed E-state index contributed by atoms with van der Waals surface area (Å²) in [6.07, 6.45) is 1.49. The third-order valence-electron chi connectivity index (χ3n) is 2.12. The largest absolute Gasteiger partial charge is 0.393 e. The molecule has 0 aromatic carbocycles. The Balaban J connectivity index is 2.82. The predicted molar refractivity (Wildman–Crippen MR) is 49.1 cm³/mol. The van der Waals surface area contributed by atoms with E-state index in [4.69, 9.17) is 0 Å². The minimum Gasteiger partial charge on any atom is -0.393 e. The third kappa shape index (κ3) is 2.05. The molecule has 0 spiro atoms. The molecule has 1 rings (SSSR count). The third-order valence-corrected chi connectivity index (χ3v) is 2.12. The van der Waals surface area contributed by atoms with Gasteiger partial charge in [-0.1, -0.05) is 13.0 Å². The fraction of sp³-hybridized carbons (Fsp3) is 0.500. The van der Waals surface area contributed by atoms with Crippen molar-refractivity contribution in [2.75, 3.05) is 0 Å². The number of hydrogen-bond acceptors (Lipinski definition) is 2. The number of aliphatic hydroxyl groups excluding tert-OH is 1. The first-order chi connectivity index (χ1) is 5.61.